The monoisotopic (exact) mass is 427 g/mol. The summed E-state index contributed by atoms with van der Waals surface area (Å²) in [6.45, 7) is 1.72. The second-order valence-electron chi connectivity index (χ2n) is 6.54. The number of carbonyl (C=O) groups is 1. The Kier molecular flexibility index (Phi) is 7.40. The van der Waals surface area contributed by atoms with E-state index in [2.05, 4.69) is 10.0 Å². The summed E-state index contributed by atoms with van der Waals surface area (Å²) in [5.74, 6) is -0.660. The average molecular weight is 428 g/mol. The second-order valence-corrected chi connectivity index (χ2v) is 8.22. The third-order valence-electron chi connectivity index (χ3n) is 4.66. The van der Waals surface area contributed by atoms with Crippen molar-refractivity contribution in [2.45, 2.75) is 23.8 Å². The second kappa shape index (κ2) is 9.36. The number of amides is 1. The van der Waals surface area contributed by atoms with E-state index in [1.807, 2.05) is 0 Å². The third kappa shape index (κ3) is 5.21. The standard InChI is InChI=1S/C19H22FN3O3S.ClH/c1-23(17-9-11-21-12-10-17)19(24)14-3-2-4-18(13-14)27(25,26)22-16-7-5-15(20)6-8-16;/h2-8,13,17,21-22H,9-12H2,1H3;1H. The Morgan fingerprint density at radius 3 is 2.43 bits per heavy atom. The number of benzene rings is 2. The van der Waals surface area contributed by atoms with Crippen LogP contribution in [0.3, 0.4) is 0 Å². The third-order valence-corrected chi connectivity index (χ3v) is 6.04. The molecule has 0 unspecified atom stereocenters. The highest BCUT2D eigenvalue weighted by molar-refractivity contribution is 7.92. The summed E-state index contributed by atoms with van der Waals surface area (Å²) in [5.41, 5.74) is 0.568. The molecule has 2 aromatic rings. The van der Waals surface area contributed by atoms with Crippen molar-refractivity contribution < 1.29 is 17.6 Å². The van der Waals surface area contributed by atoms with Gasteiger partial charge in [0.25, 0.3) is 15.9 Å². The van der Waals surface area contributed by atoms with Gasteiger partial charge in [-0.25, -0.2) is 12.8 Å². The summed E-state index contributed by atoms with van der Waals surface area (Å²) in [5, 5.41) is 3.25. The molecule has 6 nitrogen and oxygen atoms in total. The van der Waals surface area contributed by atoms with Crippen molar-refractivity contribution in [1.29, 1.82) is 0 Å². The predicted molar refractivity (Wildman–Crippen MR) is 109 cm³/mol. The Hall–Kier alpha value is -2.16. The van der Waals surface area contributed by atoms with Crippen LogP contribution in [0.4, 0.5) is 10.1 Å². The molecule has 1 aliphatic heterocycles. The number of anilines is 1. The lowest BCUT2D eigenvalue weighted by atomic mass is 10.0. The van der Waals surface area contributed by atoms with Crippen molar-refractivity contribution in [3.63, 3.8) is 0 Å². The van der Waals surface area contributed by atoms with Gasteiger partial charge in [0.15, 0.2) is 0 Å². The molecule has 0 radical (unpaired) electrons. The van der Waals surface area contributed by atoms with Crippen LogP contribution in [0.5, 0.6) is 0 Å². The highest BCUT2D eigenvalue weighted by atomic mass is 35.5. The highest BCUT2D eigenvalue weighted by Gasteiger charge is 2.24. The molecule has 1 heterocycles. The molecule has 9 heteroatoms. The highest BCUT2D eigenvalue weighted by Crippen LogP contribution is 2.20. The Bertz CT molecular complexity index is 916. The van der Waals surface area contributed by atoms with Gasteiger partial charge < -0.3 is 10.2 Å². The zero-order valence-electron chi connectivity index (χ0n) is 15.4. The molecule has 1 saturated heterocycles. The number of sulfonamides is 1. The van der Waals surface area contributed by atoms with Gasteiger partial charge in [0.1, 0.15) is 5.82 Å². The Morgan fingerprint density at radius 1 is 1.14 bits per heavy atom. The van der Waals surface area contributed by atoms with Crippen molar-refractivity contribution in [2.75, 3.05) is 24.9 Å². The minimum atomic E-state index is -3.89. The van der Waals surface area contributed by atoms with E-state index in [-0.39, 0.29) is 34.9 Å². The Morgan fingerprint density at radius 2 is 1.79 bits per heavy atom. The largest absolute Gasteiger partial charge is 0.339 e. The van der Waals surface area contributed by atoms with E-state index < -0.39 is 15.8 Å². The number of hydrogen-bond donors (Lipinski definition) is 2. The van der Waals surface area contributed by atoms with Crippen LogP contribution in [-0.2, 0) is 10.0 Å². The lowest BCUT2D eigenvalue weighted by Crippen LogP contribution is -2.44. The van der Waals surface area contributed by atoms with E-state index in [1.165, 1.54) is 36.4 Å². The zero-order chi connectivity index (χ0) is 19.4. The fourth-order valence-corrected chi connectivity index (χ4v) is 4.20. The number of nitrogens with zero attached hydrogens (tertiary/aromatic N) is 1. The smallest absolute Gasteiger partial charge is 0.261 e. The maximum Gasteiger partial charge on any atom is 0.261 e. The normalized spacial score (nSPS) is 14.8. The van der Waals surface area contributed by atoms with Gasteiger partial charge in [-0.05, 0) is 68.4 Å². The number of halogens is 2. The quantitative estimate of drug-likeness (QED) is 0.769. The predicted octanol–water partition coefficient (Wildman–Crippen LogP) is 2.87. The fourth-order valence-electron chi connectivity index (χ4n) is 3.09. The molecule has 28 heavy (non-hydrogen) atoms. The van der Waals surface area contributed by atoms with E-state index in [1.54, 1.807) is 24.1 Å². The maximum atomic E-state index is 13.0. The van der Waals surface area contributed by atoms with Crippen LogP contribution in [-0.4, -0.2) is 45.4 Å². The minimum Gasteiger partial charge on any atom is -0.339 e. The summed E-state index contributed by atoms with van der Waals surface area (Å²) in [6.07, 6.45) is 1.73. The van der Waals surface area contributed by atoms with E-state index in [0.717, 1.165) is 25.9 Å². The van der Waals surface area contributed by atoms with E-state index >= 15 is 0 Å². The lowest BCUT2D eigenvalue weighted by molar-refractivity contribution is 0.0703. The number of rotatable bonds is 5. The molecule has 1 fully saturated rings. The van der Waals surface area contributed by atoms with Crippen LogP contribution >= 0.6 is 12.4 Å². The first-order chi connectivity index (χ1) is 12.9. The Balaban J connectivity index is 0.00000280. The molecule has 0 spiro atoms. The molecule has 2 N–H and O–H groups in total. The average Bonchev–Trinajstić information content (AvgIpc) is 2.69. The van der Waals surface area contributed by atoms with Gasteiger partial charge in [0, 0.05) is 24.3 Å². The van der Waals surface area contributed by atoms with Crippen molar-refractivity contribution in [3.8, 4) is 0 Å². The van der Waals surface area contributed by atoms with Crippen molar-refractivity contribution in [2.24, 2.45) is 0 Å². The molecule has 3 rings (SSSR count). The summed E-state index contributed by atoms with van der Waals surface area (Å²) in [6, 6.07) is 11.1. The molecule has 2 aromatic carbocycles. The number of nitrogens with one attached hydrogen (secondary N) is 2. The van der Waals surface area contributed by atoms with Gasteiger partial charge in [0.2, 0.25) is 0 Å². The summed E-state index contributed by atoms with van der Waals surface area (Å²) in [4.78, 5) is 14.4. The molecule has 1 aliphatic rings. The van der Waals surface area contributed by atoms with Gasteiger partial charge in [-0.15, -0.1) is 12.4 Å². The molecular weight excluding hydrogens is 405 g/mol. The molecular formula is C19H23ClFN3O3S. The number of piperidine rings is 1. The first kappa shape index (κ1) is 22.1. The molecule has 0 aliphatic carbocycles. The van der Waals surface area contributed by atoms with Gasteiger partial charge in [0.05, 0.1) is 4.90 Å². The molecule has 0 aromatic heterocycles. The first-order valence-corrected chi connectivity index (χ1v) is 10.2. The first-order valence-electron chi connectivity index (χ1n) is 8.73. The molecule has 152 valence electrons. The topological polar surface area (TPSA) is 78.5 Å². The van der Waals surface area contributed by atoms with Crippen molar-refractivity contribution in [1.82, 2.24) is 10.2 Å². The van der Waals surface area contributed by atoms with Crippen LogP contribution in [0.15, 0.2) is 53.4 Å². The van der Waals surface area contributed by atoms with Crippen LogP contribution in [0.1, 0.15) is 23.2 Å². The maximum absolute atomic E-state index is 13.0. The van der Waals surface area contributed by atoms with E-state index in [0.29, 0.717) is 5.56 Å². The van der Waals surface area contributed by atoms with Crippen LogP contribution < -0.4 is 10.0 Å². The van der Waals surface area contributed by atoms with Crippen LogP contribution in [0, 0.1) is 5.82 Å². The lowest BCUT2D eigenvalue weighted by Gasteiger charge is -2.31. The van der Waals surface area contributed by atoms with Crippen LogP contribution in [0.2, 0.25) is 0 Å². The molecule has 0 saturated carbocycles. The van der Waals surface area contributed by atoms with E-state index in [9.17, 15) is 17.6 Å². The molecule has 0 bridgehead atoms. The summed E-state index contributed by atoms with van der Waals surface area (Å²) < 4.78 is 40.6. The Labute approximate surface area is 170 Å². The minimum absolute atomic E-state index is 0. The molecule has 1 amide bonds. The number of carbonyl (C=O) groups excluding carboxylic acids is 1. The van der Waals surface area contributed by atoms with Gasteiger partial charge >= 0.3 is 0 Å². The number of hydrogen-bond acceptors (Lipinski definition) is 4. The van der Waals surface area contributed by atoms with Crippen LogP contribution in [0.25, 0.3) is 0 Å². The van der Waals surface area contributed by atoms with Crippen molar-refractivity contribution >= 4 is 34.0 Å². The van der Waals surface area contributed by atoms with Gasteiger partial charge in [-0.1, -0.05) is 6.07 Å². The van der Waals surface area contributed by atoms with E-state index in [4.69, 9.17) is 0 Å². The van der Waals surface area contributed by atoms with Gasteiger partial charge in [-0.2, -0.15) is 0 Å². The SMILES string of the molecule is CN(C(=O)c1cccc(S(=O)(=O)Nc2ccc(F)cc2)c1)C1CCNCC1.Cl. The van der Waals surface area contributed by atoms with Crippen molar-refractivity contribution in [3.05, 3.63) is 59.9 Å². The summed E-state index contributed by atoms with van der Waals surface area (Å²) >= 11 is 0. The zero-order valence-corrected chi connectivity index (χ0v) is 17.0. The fraction of sp³-hybridized carbons (Fsp3) is 0.316. The summed E-state index contributed by atoms with van der Waals surface area (Å²) in [7, 11) is -2.14. The van der Waals surface area contributed by atoms with Gasteiger partial charge in [-0.3, -0.25) is 9.52 Å². The molecule has 0 atom stereocenters.